The molecule has 0 bridgehead atoms. The minimum absolute atomic E-state index is 0.0887. The standard InChI is InChI=1S/C20H16IN3O7/c1-3-31-16-10-11(9-15(21)17(16)30-2)8-14-18(25)22-20(27)23(19(14)26)12-4-6-13(7-5-12)24(28)29/h4-10H,3H2,1-2H3,(H,22,25,27)/b14-8+. The fourth-order valence-corrected chi connectivity index (χ4v) is 3.76. The second-order valence-corrected chi connectivity index (χ2v) is 7.36. The lowest BCUT2D eigenvalue weighted by molar-refractivity contribution is -0.384. The van der Waals surface area contributed by atoms with Crippen LogP contribution in [0.15, 0.2) is 42.0 Å². The Kier molecular flexibility index (Phi) is 6.53. The van der Waals surface area contributed by atoms with Crippen LogP contribution in [0.4, 0.5) is 16.2 Å². The largest absolute Gasteiger partial charge is 0.492 e. The number of anilines is 1. The van der Waals surface area contributed by atoms with Crippen LogP contribution in [-0.4, -0.2) is 36.5 Å². The number of ether oxygens (including phenoxy) is 2. The molecule has 1 aliphatic heterocycles. The molecule has 4 amide bonds. The molecule has 2 aromatic rings. The molecule has 10 nitrogen and oxygen atoms in total. The Morgan fingerprint density at radius 1 is 1.19 bits per heavy atom. The van der Waals surface area contributed by atoms with Crippen molar-refractivity contribution in [2.75, 3.05) is 18.6 Å². The number of barbiturate groups is 1. The maximum atomic E-state index is 13.0. The molecule has 1 heterocycles. The lowest BCUT2D eigenvalue weighted by Gasteiger charge is -2.26. The number of urea groups is 1. The van der Waals surface area contributed by atoms with E-state index in [1.807, 2.05) is 29.5 Å². The van der Waals surface area contributed by atoms with Crippen LogP contribution >= 0.6 is 22.6 Å². The second kappa shape index (κ2) is 9.12. The van der Waals surface area contributed by atoms with E-state index < -0.39 is 22.8 Å². The molecule has 0 atom stereocenters. The average Bonchev–Trinajstić information content (AvgIpc) is 2.71. The number of carbonyl (C=O) groups excluding carboxylic acids is 3. The first kappa shape index (κ1) is 22.2. The zero-order valence-electron chi connectivity index (χ0n) is 16.4. The van der Waals surface area contributed by atoms with Crippen LogP contribution in [0.2, 0.25) is 0 Å². The number of non-ortho nitro benzene ring substituents is 1. The van der Waals surface area contributed by atoms with Crippen molar-refractivity contribution in [3.05, 3.63) is 61.2 Å². The first-order valence-corrected chi connectivity index (χ1v) is 10.0. The Morgan fingerprint density at radius 2 is 1.87 bits per heavy atom. The number of hydrogen-bond donors (Lipinski definition) is 1. The van der Waals surface area contributed by atoms with Crippen LogP contribution in [0.5, 0.6) is 11.5 Å². The maximum absolute atomic E-state index is 13.0. The minimum atomic E-state index is -0.944. The first-order chi connectivity index (χ1) is 14.8. The molecule has 3 rings (SSSR count). The molecular weight excluding hydrogens is 521 g/mol. The van der Waals surface area contributed by atoms with Crippen LogP contribution in [-0.2, 0) is 9.59 Å². The molecule has 1 saturated heterocycles. The molecule has 1 fully saturated rings. The van der Waals surface area contributed by atoms with Crippen molar-refractivity contribution in [2.45, 2.75) is 6.92 Å². The van der Waals surface area contributed by atoms with Gasteiger partial charge in [0.05, 0.1) is 27.9 Å². The SMILES string of the molecule is CCOc1cc(/C=C2\C(=O)NC(=O)N(c3ccc([N+](=O)[O-])cc3)C2=O)cc(I)c1OC. The number of carbonyl (C=O) groups is 3. The molecule has 0 saturated carbocycles. The Hall–Kier alpha value is -3.48. The van der Waals surface area contributed by atoms with E-state index in [9.17, 15) is 24.5 Å². The summed E-state index contributed by atoms with van der Waals surface area (Å²) in [7, 11) is 1.50. The van der Waals surface area contributed by atoms with E-state index in [2.05, 4.69) is 5.32 Å². The number of nitrogens with one attached hydrogen (secondary N) is 1. The number of rotatable bonds is 6. The Bertz CT molecular complexity index is 1110. The number of nitro groups is 1. The van der Waals surface area contributed by atoms with E-state index in [1.165, 1.54) is 25.3 Å². The van der Waals surface area contributed by atoms with Crippen LogP contribution in [0.1, 0.15) is 12.5 Å². The molecule has 11 heteroatoms. The smallest absolute Gasteiger partial charge is 0.335 e. The summed E-state index contributed by atoms with van der Waals surface area (Å²) in [6.45, 7) is 2.19. The Balaban J connectivity index is 2.02. The molecule has 31 heavy (non-hydrogen) atoms. The average molecular weight is 537 g/mol. The molecular formula is C20H16IN3O7. The van der Waals surface area contributed by atoms with Gasteiger partial charge >= 0.3 is 6.03 Å². The molecule has 0 aliphatic carbocycles. The number of imide groups is 2. The maximum Gasteiger partial charge on any atom is 0.335 e. The molecule has 0 aromatic heterocycles. The molecule has 2 aromatic carbocycles. The number of hydrogen-bond acceptors (Lipinski definition) is 7. The van der Waals surface area contributed by atoms with E-state index in [1.54, 1.807) is 12.1 Å². The van der Waals surface area contributed by atoms with Gasteiger partial charge in [0, 0.05) is 12.1 Å². The summed E-state index contributed by atoms with van der Waals surface area (Å²) >= 11 is 2.04. The van der Waals surface area contributed by atoms with Gasteiger partial charge in [-0.1, -0.05) is 0 Å². The van der Waals surface area contributed by atoms with Gasteiger partial charge in [0.15, 0.2) is 11.5 Å². The molecule has 1 aliphatic rings. The zero-order valence-corrected chi connectivity index (χ0v) is 18.5. The fraction of sp³-hybridized carbons (Fsp3) is 0.150. The predicted octanol–water partition coefficient (Wildman–Crippen LogP) is 3.27. The van der Waals surface area contributed by atoms with E-state index in [0.29, 0.717) is 27.2 Å². The monoisotopic (exact) mass is 537 g/mol. The molecule has 0 spiro atoms. The third-order valence-electron chi connectivity index (χ3n) is 4.27. The van der Waals surface area contributed by atoms with Gasteiger partial charge < -0.3 is 9.47 Å². The summed E-state index contributed by atoms with van der Waals surface area (Å²) in [5.74, 6) is -0.745. The molecule has 0 unspecified atom stereocenters. The summed E-state index contributed by atoms with van der Waals surface area (Å²) in [6, 6.07) is 7.21. The van der Waals surface area contributed by atoms with Crippen LogP contribution in [0, 0.1) is 13.7 Å². The fourth-order valence-electron chi connectivity index (χ4n) is 2.91. The summed E-state index contributed by atoms with van der Waals surface area (Å²) in [5, 5.41) is 12.9. The van der Waals surface area contributed by atoms with Crippen molar-refractivity contribution in [1.82, 2.24) is 5.32 Å². The summed E-state index contributed by atoms with van der Waals surface area (Å²) in [6.07, 6.45) is 1.34. The van der Waals surface area contributed by atoms with Crippen LogP contribution < -0.4 is 19.7 Å². The lowest BCUT2D eigenvalue weighted by atomic mass is 10.1. The number of halogens is 1. The van der Waals surface area contributed by atoms with Crippen molar-refractivity contribution < 1.29 is 28.8 Å². The molecule has 1 N–H and O–H groups in total. The van der Waals surface area contributed by atoms with E-state index in [-0.39, 0.29) is 16.9 Å². The Labute approximate surface area is 190 Å². The van der Waals surface area contributed by atoms with Crippen molar-refractivity contribution in [3.63, 3.8) is 0 Å². The topological polar surface area (TPSA) is 128 Å². The third-order valence-corrected chi connectivity index (χ3v) is 5.07. The van der Waals surface area contributed by atoms with Gasteiger partial charge in [0.25, 0.3) is 17.5 Å². The Morgan fingerprint density at radius 3 is 2.45 bits per heavy atom. The summed E-state index contributed by atoms with van der Waals surface area (Å²) in [5.41, 5.74) is 0.106. The molecule has 160 valence electrons. The molecule has 0 radical (unpaired) electrons. The number of benzene rings is 2. The van der Waals surface area contributed by atoms with E-state index >= 15 is 0 Å². The summed E-state index contributed by atoms with van der Waals surface area (Å²) < 4.78 is 11.6. The predicted molar refractivity (Wildman–Crippen MR) is 119 cm³/mol. The van der Waals surface area contributed by atoms with Gasteiger partial charge in [-0.05, 0) is 65.4 Å². The van der Waals surface area contributed by atoms with Crippen LogP contribution in [0.25, 0.3) is 6.08 Å². The van der Waals surface area contributed by atoms with Crippen molar-refractivity contribution in [2.24, 2.45) is 0 Å². The third kappa shape index (κ3) is 4.50. The number of nitro benzene ring substituents is 1. The van der Waals surface area contributed by atoms with Gasteiger partial charge in [0.2, 0.25) is 0 Å². The quantitative estimate of drug-likeness (QED) is 0.197. The van der Waals surface area contributed by atoms with E-state index in [4.69, 9.17) is 9.47 Å². The van der Waals surface area contributed by atoms with Gasteiger partial charge in [-0.2, -0.15) is 0 Å². The zero-order chi connectivity index (χ0) is 22.7. The van der Waals surface area contributed by atoms with Crippen molar-refractivity contribution >= 4 is 57.9 Å². The van der Waals surface area contributed by atoms with Crippen LogP contribution in [0.3, 0.4) is 0 Å². The summed E-state index contributed by atoms with van der Waals surface area (Å²) in [4.78, 5) is 48.6. The van der Waals surface area contributed by atoms with Crippen molar-refractivity contribution in [3.8, 4) is 11.5 Å². The highest BCUT2D eigenvalue weighted by molar-refractivity contribution is 14.1. The second-order valence-electron chi connectivity index (χ2n) is 6.20. The van der Waals surface area contributed by atoms with E-state index in [0.717, 1.165) is 17.0 Å². The lowest BCUT2D eigenvalue weighted by Crippen LogP contribution is -2.54. The minimum Gasteiger partial charge on any atom is -0.492 e. The highest BCUT2D eigenvalue weighted by atomic mass is 127. The number of methoxy groups -OCH3 is 1. The van der Waals surface area contributed by atoms with Crippen molar-refractivity contribution in [1.29, 1.82) is 0 Å². The first-order valence-electron chi connectivity index (χ1n) is 8.93. The highest BCUT2D eigenvalue weighted by Gasteiger charge is 2.37. The van der Waals surface area contributed by atoms with Gasteiger partial charge in [-0.3, -0.25) is 25.0 Å². The van der Waals surface area contributed by atoms with Gasteiger partial charge in [0.1, 0.15) is 5.57 Å². The normalized spacial score (nSPS) is 15.1. The van der Waals surface area contributed by atoms with Gasteiger partial charge in [-0.15, -0.1) is 0 Å². The number of nitrogens with zero attached hydrogens (tertiary/aromatic N) is 2. The van der Waals surface area contributed by atoms with Gasteiger partial charge in [-0.25, -0.2) is 9.69 Å². The number of amides is 4. The highest BCUT2D eigenvalue weighted by Crippen LogP contribution is 2.35.